The highest BCUT2D eigenvalue weighted by atomic mass is 16.5. The summed E-state index contributed by atoms with van der Waals surface area (Å²) in [5.74, 6) is 0.994. The molecule has 1 aliphatic rings. The number of carbonyl (C=O) groups is 1. The Hall–Kier alpha value is -1.31. The van der Waals surface area contributed by atoms with E-state index in [9.17, 15) is 4.79 Å². The molecule has 1 heterocycles. The minimum absolute atomic E-state index is 0.0541. The van der Waals surface area contributed by atoms with Crippen LogP contribution in [0.25, 0.3) is 0 Å². The normalized spacial score (nSPS) is 17.4. The molecule has 2 heteroatoms. The molecule has 0 aliphatic carbocycles. The van der Waals surface area contributed by atoms with Crippen LogP contribution < -0.4 is 0 Å². The van der Waals surface area contributed by atoms with Gasteiger partial charge in [0.25, 0.3) is 0 Å². The Bertz CT molecular complexity index is 357. The Morgan fingerprint density at radius 3 is 2.69 bits per heavy atom. The van der Waals surface area contributed by atoms with E-state index < -0.39 is 0 Å². The lowest BCUT2D eigenvalue weighted by atomic mass is 9.85. The molecule has 0 unspecified atom stereocenters. The van der Waals surface area contributed by atoms with Gasteiger partial charge in [-0.05, 0) is 37.5 Å². The van der Waals surface area contributed by atoms with Crippen molar-refractivity contribution in [1.82, 2.24) is 0 Å². The highest BCUT2D eigenvalue weighted by Crippen LogP contribution is 2.33. The van der Waals surface area contributed by atoms with E-state index in [2.05, 4.69) is 26.8 Å². The molecule has 0 bridgehead atoms. The fourth-order valence-corrected chi connectivity index (χ4v) is 1.49. The van der Waals surface area contributed by atoms with Crippen molar-refractivity contribution in [3.63, 3.8) is 0 Å². The zero-order valence-electron chi connectivity index (χ0n) is 10.5. The van der Waals surface area contributed by atoms with Crippen LogP contribution in [0.4, 0.5) is 0 Å². The molecule has 2 nitrogen and oxygen atoms in total. The number of allylic oxidation sites excluding steroid dienone is 5. The van der Waals surface area contributed by atoms with Crippen molar-refractivity contribution in [2.75, 3.05) is 6.61 Å². The molecule has 0 radical (unpaired) electrons. The van der Waals surface area contributed by atoms with Gasteiger partial charge >= 0.3 is 0 Å². The van der Waals surface area contributed by atoms with Crippen LogP contribution in [0.2, 0.25) is 0 Å². The van der Waals surface area contributed by atoms with Gasteiger partial charge in [-0.2, -0.15) is 0 Å². The van der Waals surface area contributed by atoms with Gasteiger partial charge < -0.3 is 4.74 Å². The fourth-order valence-electron chi connectivity index (χ4n) is 1.49. The van der Waals surface area contributed by atoms with Crippen LogP contribution >= 0.6 is 0 Å². The molecule has 1 aliphatic heterocycles. The SMILES string of the molecule is CC(C=O)=CCC(C)(C)C1=CC=C(C)CO1. The van der Waals surface area contributed by atoms with Crippen LogP contribution in [-0.4, -0.2) is 12.9 Å². The van der Waals surface area contributed by atoms with Gasteiger partial charge in [-0.15, -0.1) is 0 Å². The van der Waals surface area contributed by atoms with Crippen molar-refractivity contribution in [3.8, 4) is 0 Å². The molecule has 0 fully saturated rings. The first kappa shape index (κ1) is 12.8. The first-order chi connectivity index (χ1) is 7.45. The summed E-state index contributed by atoms with van der Waals surface area (Å²) in [5.41, 5.74) is 1.96. The molecule has 0 spiro atoms. The minimum Gasteiger partial charge on any atom is -0.493 e. The van der Waals surface area contributed by atoms with Gasteiger partial charge in [0.2, 0.25) is 0 Å². The van der Waals surface area contributed by atoms with Crippen LogP contribution in [-0.2, 0) is 9.53 Å². The predicted octanol–water partition coefficient (Wildman–Crippen LogP) is 3.41. The van der Waals surface area contributed by atoms with Crippen LogP contribution in [0.1, 0.15) is 34.1 Å². The first-order valence-electron chi connectivity index (χ1n) is 5.58. The van der Waals surface area contributed by atoms with Crippen molar-refractivity contribution >= 4 is 6.29 Å². The number of ether oxygens (including phenoxy) is 1. The Morgan fingerprint density at radius 1 is 1.50 bits per heavy atom. The number of hydrogen-bond donors (Lipinski definition) is 0. The van der Waals surface area contributed by atoms with E-state index in [0.29, 0.717) is 6.61 Å². The van der Waals surface area contributed by atoms with Crippen molar-refractivity contribution in [2.45, 2.75) is 34.1 Å². The van der Waals surface area contributed by atoms with E-state index >= 15 is 0 Å². The van der Waals surface area contributed by atoms with E-state index in [1.54, 1.807) is 0 Å². The van der Waals surface area contributed by atoms with Crippen LogP contribution in [0, 0.1) is 5.41 Å². The van der Waals surface area contributed by atoms with Crippen molar-refractivity contribution in [2.24, 2.45) is 5.41 Å². The topological polar surface area (TPSA) is 26.3 Å². The highest BCUT2D eigenvalue weighted by Gasteiger charge is 2.24. The van der Waals surface area contributed by atoms with E-state index in [1.807, 2.05) is 19.1 Å². The van der Waals surface area contributed by atoms with Gasteiger partial charge in [0, 0.05) is 5.41 Å². The smallest absolute Gasteiger partial charge is 0.145 e. The molecular formula is C14H20O2. The summed E-state index contributed by atoms with van der Waals surface area (Å²) in [7, 11) is 0. The number of rotatable bonds is 4. The third-order valence-corrected chi connectivity index (χ3v) is 2.76. The lowest BCUT2D eigenvalue weighted by molar-refractivity contribution is -0.104. The van der Waals surface area contributed by atoms with Crippen LogP contribution in [0.5, 0.6) is 0 Å². The summed E-state index contributed by atoms with van der Waals surface area (Å²) < 4.78 is 5.70. The molecule has 0 amide bonds. The summed E-state index contributed by atoms with van der Waals surface area (Å²) in [6.45, 7) is 8.80. The predicted molar refractivity (Wildman–Crippen MR) is 66.0 cm³/mol. The molecule has 0 saturated carbocycles. The van der Waals surface area contributed by atoms with Crippen molar-refractivity contribution < 1.29 is 9.53 Å². The standard InChI is InChI=1S/C14H20O2/c1-11(9-15)7-8-14(3,4)13-6-5-12(2)10-16-13/h5-7,9H,8,10H2,1-4H3. The van der Waals surface area contributed by atoms with Gasteiger partial charge in [0.05, 0.1) is 0 Å². The molecular weight excluding hydrogens is 200 g/mol. The summed E-state index contributed by atoms with van der Waals surface area (Å²) in [6, 6.07) is 0. The maximum atomic E-state index is 10.5. The largest absolute Gasteiger partial charge is 0.493 e. The van der Waals surface area contributed by atoms with Crippen molar-refractivity contribution in [1.29, 1.82) is 0 Å². The number of aldehydes is 1. The summed E-state index contributed by atoms with van der Waals surface area (Å²) >= 11 is 0. The molecule has 1 rings (SSSR count). The average molecular weight is 220 g/mol. The highest BCUT2D eigenvalue weighted by molar-refractivity contribution is 5.71. The van der Waals surface area contributed by atoms with Crippen molar-refractivity contribution in [3.05, 3.63) is 35.1 Å². The maximum Gasteiger partial charge on any atom is 0.145 e. The zero-order valence-corrected chi connectivity index (χ0v) is 10.5. The molecule has 0 aromatic rings. The third-order valence-electron chi connectivity index (χ3n) is 2.76. The van der Waals surface area contributed by atoms with E-state index in [1.165, 1.54) is 5.57 Å². The van der Waals surface area contributed by atoms with E-state index in [4.69, 9.17) is 4.74 Å². The monoisotopic (exact) mass is 220 g/mol. The van der Waals surface area contributed by atoms with Gasteiger partial charge in [0.15, 0.2) is 0 Å². The zero-order chi connectivity index (χ0) is 12.2. The lowest BCUT2D eigenvalue weighted by Crippen LogP contribution is -2.19. The van der Waals surface area contributed by atoms with Gasteiger partial charge in [-0.1, -0.05) is 26.0 Å². The molecule has 16 heavy (non-hydrogen) atoms. The first-order valence-corrected chi connectivity index (χ1v) is 5.58. The molecule has 88 valence electrons. The molecule has 0 aromatic carbocycles. The Kier molecular flexibility index (Phi) is 4.11. The third kappa shape index (κ3) is 3.37. The summed E-state index contributed by atoms with van der Waals surface area (Å²) in [5, 5.41) is 0. The van der Waals surface area contributed by atoms with Gasteiger partial charge in [0.1, 0.15) is 18.7 Å². The van der Waals surface area contributed by atoms with E-state index in [-0.39, 0.29) is 5.41 Å². The summed E-state index contributed by atoms with van der Waals surface area (Å²) in [6.07, 6.45) is 7.79. The molecule has 0 saturated heterocycles. The molecule has 0 N–H and O–H groups in total. The Labute approximate surface area is 97.7 Å². The van der Waals surface area contributed by atoms with Crippen LogP contribution in [0.15, 0.2) is 35.1 Å². The second-order valence-corrected chi connectivity index (χ2v) is 4.99. The second kappa shape index (κ2) is 5.15. The average Bonchev–Trinajstić information content (AvgIpc) is 2.26. The minimum atomic E-state index is -0.0541. The van der Waals surface area contributed by atoms with E-state index in [0.717, 1.165) is 24.0 Å². The quantitative estimate of drug-likeness (QED) is 0.536. The summed E-state index contributed by atoms with van der Waals surface area (Å²) in [4.78, 5) is 10.5. The Balaban J connectivity index is 2.74. The lowest BCUT2D eigenvalue weighted by Gasteiger charge is -2.28. The molecule has 0 atom stereocenters. The molecule has 0 aromatic heterocycles. The fraction of sp³-hybridized carbons (Fsp3) is 0.500. The van der Waals surface area contributed by atoms with Gasteiger partial charge in [-0.3, -0.25) is 4.79 Å². The Morgan fingerprint density at radius 2 is 2.19 bits per heavy atom. The van der Waals surface area contributed by atoms with Crippen LogP contribution in [0.3, 0.4) is 0 Å². The maximum absolute atomic E-state index is 10.5. The number of hydrogen-bond acceptors (Lipinski definition) is 2. The van der Waals surface area contributed by atoms with Gasteiger partial charge in [-0.25, -0.2) is 0 Å². The number of carbonyl (C=O) groups excluding carboxylic acids is 1. The second-order valence-electron chi connectivity index (χ2n) is 4.99.